The van der Waals surface area contributed by atoms with E-state index in [9.17, 15) is 4.79 Å². The van der Waals surface area contributed by atoms with Crippen LogP contribution in [0.5, 0.6) is 0 Å². The van der Waals surface area contributed by atoms with Gasteiger partial charge in [0.25, 0.3) is 5.91 Å². The number of halogens is 1. The van der Waals surface area contributed by atoms with E-state index in [-0.39, 0.29) is 11.7 Å². The fourth-order valence-electron chi connectivity index (χ4n) is 3.79. The minimum absolute atomic E-state index is 0.139. The van der Waals surface area contributed by atoms with E-state index in [0.717, 1.165) is 33.5 Å². The number of carbonyl (C=O) groups is 1. The first-order valence-electron chi connectivity index (χ1n) is 11.6. The standard InChI is InChI=1S/C28H23ClN6OS/c29-22-15-13-20(14-16-22)17-31-33-27(36)19-37-28-34-32-26(35(28)23-9-2-1-3-10-23)18-30-25-12-6-8-21-7-4-5-11-24(21)25/h1-17,30H,18-19H2,(H,33,36)/b31-17+. The number of rotatable bonds is 9. The second-order valence-corrected chi connectivity index (χ2v) is 9.46. The van der Waals surface area contributed by atoms with Crippen LogP contribution in [0.25, 0.3) is 16.5 Å². The predicted octanol–water partition coefficient (Wildman–Crippen LogP) is 5.93. The minimum atomic E-state index is -0.242. The first-order chi connectivity index (χ1) is 18.2. The molecule has 0 spiro atoms. The molecule has 184 valence electrons. The summed E-state index contributed by atoms with van der Waals surface area (Å²) < 4.78 is 1.97. The van der Waals surface area contributed by atoms with Gasteiger partial charge in [-0.3, -0.25) is 9.36 Å². The summed E-state index contributed by atoms with van der Waals surface area (Å²) in [5.74, 6) is 0.635. The van der Waals surface area contributed by atoms with Gasteiger partial charge in [-0.05, 0) is 41.3 Å². The molecular formula is C28H23ClN6OS. The maximum absolute atomic E-state index is 12.4. The molecule has 0 unspecified atom stereocenters. The molecule has 1 aromatic heterocycles. The number of para-hydroxylation sites is 1. The molecule has 2 N–H and O–H groups in total. The maximum atomic E-state index is 12.4. The van der Waals surface area contributed by atoms with Gasteiger partial charge in [0.15, 0.2) is 11.0 Å². The lowest BCUT2D eigenvalue weighted by atomic mass is 10.1. The van der Waals surface area contributed by atoms with Gasteiger partial charge in [0.2, 0.25) is 0 Å². The molecule has 0 saturated heterocycles. The molecule has 7 nitrogen and oxygen atoms in total. The SMILES string of the molecule is O=C(CSc1nnc(CNc2cccc3ccccc23)n1-c1ccccc1)N/N=C/c1ccc(Cl)cc1. The number of aromatic nitrogens is 3. The Bertz CT molecular complexity index is 1530. The fourth-order valence-corrected chi connectivity index (χ4v) is 4.68. The Morgan fingerprint density at radius 1 is 0.919 bits per heavy atom. The molecule has 0 aliphatic rings. The summed E-state index contributed by atoms with van der Waals surface area (Å²) in [6, 6.07) is 31.5. The number of carbonyl (C=O) groups excluding carboxylic acids is 1. The first kappa shape index (κ1) is 24.5. The average Bonchev–Trinajstić information content (AvgIpc) is 3.35. The van der Waals surface area contributed by atoms with Gasteiger partial charge in [-0.15, -0.1) is 10.2 Å². The molecule has 0 aliphatic carbocycles. The number of hydrazone groups is 1. The van der Waals surface area contributed by atoms with Gasteiger partial charge in [-0.25, -0.2) is 5.43 Å². The van der Waals surface area contributed by atoms with E-state index in [2.05, 4.69) is 50.3 Å². The van der Waals surface area contributed by atoms with Crippen LogP contribution in [0, 0.1) is 0 Å². The normalized spacial score (nSPS) is 11.2. The first-order valence-corrected chi connectivity index (χ1v) is 13.0. The molecule has 0 bridgehead atoms. The van der Waals surface area contributed by atoms with Crippen LogP contribution in [-0.4, -0.2) is 32.6 Å². The van der Waals surface area contributed by atoms with Crippen molar-refractivity contribution in [3.05, 3.63) is 113 Å². The van der Waals surface area contributed by atoms with Crippen LogP contribution in [-0.2, 0) is 11.3 Å². The van der Waals surface area contributed by atoms with Crippen molar-refractivity contribution in [1.82, 2.24) is 20.2 Å². The molecule has 0 aliphatic heterocycles. The number of nitrogens with one attached hydrogen (secondary N) is 2. The van der Waals surface area contributed by atoms with Gasteiger partial charge >= 0.3 is 0 Å². The molecule has 0 saturated carbocycles. The highest BCUT2D eigenvalue weighted by Gasteiger charge is 2.16. The summed E-state index contributed by atoms with van der Waals surface area (Å²) in [6.07, 6.45) is 1.57. The van der Waals surface area contributed by atoms with Crippen LogP contribution in [0.2, 0.25) is 5.02 Å². The summed E-state index contributed by atoms with van der Waals surface area (Å²) in [4.78, 5) is 12.4. The van der Waals surface area contributed by atoms with E-state index in [1.807, 2.05) is 65.2 Å². The second kappa shape index (κ2) is 11.7. The molecule has 5 rings (SSSR count). The van der Waals surface area contributed by atoms with Gasteiger partial charge in [-0.1, -0.05) is 90.1 Å². The topological polar surface area (TPSA) is 84.2 Å². The van der Waals surface area contributed by atoms with Gasteiger partial charge in [0.1, 0.15) is 0 Å². The molecule has 0 fully saturated rings. The summed E-state index contributed by atoms with van der Waals surface area (Å²) >= 11 is 7.20. The van der Waals surface area contributed by atoms with Crippen LogP contribution in [0.1, 0.15) is 11.4 Å². The van der Waals surface area contributed by atoms with Crippen LogP contribution in [0.3, 0.4) is 0 Å². The molecule has 4 aromatic carbocycles. The molecule has 0 atom stereocenters. The lowest BCUT2D eigenvalue weighted by Gasteiger charge is -2.12. The van der Waals surface area contributed by atoms with E-state index < -0.39 is 0 Å². The lowest BCUT2D eigenvalue weighted by Crippen LogP contribution is -2.20. The highest BCUT2D eigenvalue weighted by molar-refractivity contribution is 7.99. The molecule has 5 aromatic rings. The Morgan fingerprint density at radius 2 is 1.68 bits per heavy atom. The van der Waals surface area contributed by atoms with Gasteiger partial charge < -0.3 is 5.32 Å². The highest BCUT2D eigenvalue weighted by atomic mass is 35.5. The fraction of sp³-hybridized carbons (Fsp3) is 0.0714. The molecule has 0 radical (unpaired) electrons. The second-order valence-electron chi connectivity index (χ2n) is 8.08. The number of fused-ring (bicyclic) bond motifs is 1. The van der Waals surface area contributed by atoms with Crippen molar-refractivity contribution in [3.63, 3.8) is 0 Å². The summed E-state index contributed by atoms with van der Waals surface area (Å²) in [7, 11) is 0. The van der Waals surface area contributed by atoms with Crippen molar-refractivity contribution in [1.29, 1.82) is 0 Å². The van der Waals surface area contributed by atoms with Crippen molar-refractivity contribution in [2.24, 2.45) is 5.10 Å². The Hall–Kier alpha value is -4.14. The smallest absolute Gasteiger partial charge is 0.250 e. The average molecular weight is 527 g/mol. The van der Waals surface area contributed by atoms with Crippen molar-refractivity contribution < 1.29 is 4.79 Å². The zero-order valence-corrected chi connectivity index (χ0v) is 21.3. The summed E-state index contributed by atoms with van der Waals surface area (Å²) in [5, 5.41) is 19.9. The third-order valence-corrected chi connectivity index (χ3v) is 6.73. The van der Waals surface area contributed by atoms with Gasteiger partial charge in [0, 0.05) is 21.8 Å². The predicted molar refractivity (Wildman–Crippen MR) is 151 cm³/mol. The number of amides is 1. The molecular weight excluding hydrogens is 504 g/mol. The Balaban J connectivity index is 1.29. The quantitative estimate of drug-likeness (QED) is 0.141. The Labute approximate surface area is 223 Å². The number of thioether (sulfide) groups is 1. The Kier molecular flexibility index (Phi) is 7.78. The van der Waals surface area contributed by atoms with Crippen molar-refractivity contribution in [3.8, 4) is 5.69 Å². The van der Waals surface area contributed by atoms with Crippen LogP contribution >= 0.6 is 23.4 Å². The highest BCUT2D eigenvalue weighted by Crippen LogP contribution is 2.25. The summed E-state index contributed by atoms with van der Waals surface area (Å²) in [5.41, 5.74) is 5.33. The van der Waals surface area contributed by atoms with E-state index in [1.165, 1.54) is 11.8 Å². The largest absolute Gasteiger partial charge is 0.377 e. The summed E-state index contributed by atoms with van der Waals surface area (Å²) in [6.45, 7) is 0.466. The molecule has 1 amide bonds. The van der Waals surface area contributed by atoms with Crippen LogP contribution in [0.15, 0.2) is 107 Å². The van der Waals surface area contributed by atoms with Crippen molar-refractivity contribution in [2.75, 3.05) is 11.1 Å². The lowest BCUT2D eigenvalue weighted by molar-refractivity contribution is -0.118. The molecule has 37 heavy (non-hydrogen) atoms. The molecule has 1 heterocycles. The van der Waals surface area contributed by atoms with Gasteiger partial charge in [0.05, 0.1) is 18.5 Å². The van der Waals surface area contributed by atoms with E-state index in [4.69, 9.17) is 11.6 Å². The maximum Gasteiger partial charge on any atom is 0.250 e. The third-order valence-electron chi connectivity index (χ3n) is 5.55. The zero-order valence-electron chi connectivity index (χ0n) is 19.7. The third kappa shape index (κ3) is 6.17. The van der Waals surface area contributed by atoms with Crippen LogP contribution < -0.4 is 10.7 Å². The van der Waals surface area contributed by atoms with Crippen molar-refractivity contribution >= 4 is 51.9 Å². The minimum Gasteiger partial charge on any atom is -0.377 e. The Morgan fingerprint density at radius 3 is 2.51 bits per heavy atom. The number of nitrogens with zero attached hydrogens (tertiary/aromatic N) is 4. The number of anilines is 1. The number of hydrogen-bond acceptors (Lipinski definition) is 6. The van der Waals surface area contributed by atoms with E-state index >= 15 is 0 Å². The van der Waals surface area contributed by atoms with E-state index in [1.54, 1.807) is 18.3 Å². The zero-order chi connectivity index (χ0) is 25.5. The number of benzene rings is 4. The molecule has 9 heteroatoms. The van der Waals surface area contributed by atoms with Crippen LogP contribution in [0.4, 0.5) is 5.69 Å². The number of hydrogen-bond donors (Lipinski definition) is 2. The monoisotopic (exact) mass is 526 g/mol. The van der Waals surface area contributed by atoms with Gasteiger partial charge in [-0.2, -0.15) is 5.10 Å². The van der Waals surface area contributed by atoms with Crippen molar-refractivity contribution in [2.45, 2.75) is 11.7 Å². The van der Waals surface area contributed by atoms with E-state index in [0.29, 0.717) is 16.7 Å².